The second-order valence-electron chi connectivity index (χ2n) is 4.77. The lowest BCUT2D eigenvalue weighted by atomic mass is 10.3. The third-order valence-corrected chi connectivity index (χ3v) is 6.66. The number of thiophene rings is 1. The first kappa shape index (κ1) is 14.0. The van der Waals surface area contributed by atoms with Crippen molar-refractivity contribution in [2.75, 3.05) is 4.72 Å². The Hall–Kier alpha value is -0.960. The van der Waals surface area contributed by atoms with E-state index in [2.05, 4.69) is 15.0 Å². The second-order valence-corrected chi connectivity index (χ2v) is 8.25. The highest BCUT2D eigenvalue weighted by atomic mass is 32.2. The fourth-order valence-corrected chi connectivity index (χ4v) is 5.49. The minimum absolute atomic E-state index is 0.394. The van der Waals surface area contributed by atoms with E-state index >= 15 is 0 Å². The smallest absolute Gasteiger partial charge is 0.265 e. The fraction of sp³-hybridized carbons (Fsp3) is 0.417. The SMILES string of the molecule is Cc1csc(CNC2CC2)c1S(=O)(=O)Nc1nccs1. The van der Waals surface area contributed by atoms with Crippen LogP contribution in [-0.4, -0.2) is 19.4 Å². The van der Waals surface area contributed by atoms with Crippen molar-refractivity contribution in [3.63, 3.8) is 0 Å². The molecule has 0 radical (unpaired) electrons. The highest BCUT2D eigenvalue weighted by molar-refractivity contribution is 7.93. The molecule has 0 aliphatic heterocycles. The van der Waals surface area contributed by atoms with E-state index in [-0.39, 0.29) is 0 Å². The third kappa shape index (κ3) is 3.03. The highest BCUT2D eigenvalue weighted by Crippen LogP contribution is 2.30. The van der Waals surface area contributed by atoms with Gasteiger partial charge in [0, 0.05) is 29.0 Å². The van der Waals surface area contributed by atoms with E-state index in [4.69, 9.17) is 0 Å². The van der Waals surface area contributed by atoms with Crippen LogP contribution in [-0.2, 0) is 16.6 Å². The average molecular weight is 329 g/mol. The van der Waals surface area contributed by atoms with Gasteiger partial charge in [0.25, 0.3) is 10.0 Å². The molecule has 0 amide bonds. The Labute approximate surface area is 126 Å². The first-order valence-electron chi connectivity index (χ1n) is 6.29. The summed E-state index contributed by atoms with van der Waals surface area (Å²) in [4.78, 5) is 5.22. The molecular formula is C12H15N3O2S3. The predicted molar refractivity (Wildman–Crippen MR) is 81.8 cm³/mol. The molecule has 2 N–H and O–H groups in total. The number of hydrogen-bond donors (Lipinski definition) is 2. The van der Waals surface area contributed by atoms with Crippen molar-refractivity contribution in [2.24, 2.45) is 0 Å². The van der Waals surface area contributed by atoms with Crippen LogP contribution in [0.4, 0.5) is 5.13 Å². The Kier molecular flexibility index (Phi) is 3.80. The van der Waals surface area contributed by atoms with Crippen LogP contribution in [0.5, 0.6) is 0 Å². The summed E-state index contributed by atoms with van der Waals surface area (Å²) in [6.45, 7) is 2.44. The van der Waals surface area contributed by atoms with Crippen molar-refractivity contribution in [3.05, 3.63) is 27.4 Å². The fourth-order valence-electron chi connectivity index (χ4n) is 1.93. The maximum Gasteiger partial charge on any atom is 0.265 e. The van der Waals surface area contributed by atoms with Gasteiger partial charge in [-0.15, -0.1) is 22.7 Å². The summed E-state index contributed by atoms with van der Waals surface area (Å²) in [6, 6.07) is 0.555. The topological polar surface area (TPSA) is 71.1 Å². The molecule has 0 aromatic carbocycles. The summed E-state index contributed by atoms with van der Waals surface area (Å²) in [5, 5.41) is 7.40. The molecule has 3 rings (SSSR count). The highest BCUT2D eigenvalue weighted by Gasteiger charge is 2.26. The predicted octanol–water partition coefficient (Wildman–Crippen LogP) is 2.57. The number of rotatable bonds is 6. The van der Waals surface area contributed by atoms with E-state index in [1.807, 2.05) is 12.3 Å². The van der Waals surface area contributed by atoms with Gasteiger partial charge in [0.15, 0.2) is 5.13 Å². The van der Waals surface area contributed by atoms with E-state index in [1.54, 1.807) is 11.6 Å². The van der Waals surface area contributed by atoms with Gasteiger partial charge in [-0.25, -0.2) is 13.4 Å². The van der Waals surface area contributed by atoms with Crippen LogP contribution in [0.25, 0.3) is 0 Å². The van der Waals surface area contributed by atoms with E-state index in [9.17, 15) is 8.42 Å². The molecule has 1 saturated carbocycles. The summed E-state index contributed by atoms with van der Waals surface area (Å²) >= 11 is 2.76. The molecular weight excluding hydrogens is 314 g/mol. The molecule has 1 aliphatic rings. The van der Waals surface area contributed by atoms with Crippen LogP contribution in [0.3, 0.4) is 0 Å². The number of aryl methyl sites for hydroxylation is 1. The van der Waals surface area contributed by atoms with E-state index in [0.29, 0.717) is 22.6 Å². The second kappa shape index (κ2) is 5.44. The Balaban J connectivity index is 1.85. The van der Waals surface area contributed by atoms with Gasteiger partial charge >= 0.3 is 0 Å². The summed E-state index contributed by atoms with van der Waals surface area (Å²) < 4.78 is 27.5. The first-order chi connectivity index (χ1) is 9.56. The van der Waals surface area contributed by atoms with Gasteiger partial charge in [0.1, 0.15) is 4.90 Å². The maximum atomic E-state index is 12.5. The number of anilines is 1. The van der Waals surface area contributed by atoms with Crippen LogP contribution in [0.15, 0.2) is 21.9 Å². The molecule has 2 heterocycles. The van der Waals surface area contributed by atoms with Crippen LogP contribution in [0, 0.1) is 6.92 Å². The number of hydrogen-bond acceptors (Lipinski definition) is 6. The Morgan fingerprint density at radius 1 is 1.40 bits per heavy atom. The quantitative estimate of drug-likeness (QED) is 0.854. The number of nitrogens with zero attached hydrogens (tertiary/aromatic N) is 1. The monoisotopic (exact) mass is 329 g/mol. The number of sulfonamides is 1. The maximum absolute atomic E-state index is 12.5. The number of nitrogens with one attached hydrogen (secondary N) is 2. The van der Waals surface area contributed by atoms with Crippen molar-refractivity contribution >= 4 is 37.8 Å². The van der Waals surface area contributed by atoms with Crippen molar-refractivity contribution in [1.82, 2.24) is 10.3 Å². The normalized spacial score (nSPS) is 15.4. The molecule has 8 heteroatoms. The van der Waals surface area contributed by atoms with Gasteiger partial charge in [-0.3, -0.25) is 4.72 Å². The first-order valence-corrected chi connectivity index (χ1v) is 9.53. The zero-order valence-corrected chi connectivity index (χ0v) is 13.4. The Bertz CT molecular complexity index is 688. The Morgan fingerprint density at radius 3 is 2.85 bits per heavy atom. The van der Waals surface area contributed by atoms with Crippen LogP contribution >= 0.6 is 22.7 Å². The van der Waals surface area contributed by atoms with Crippen LogP contribution in [0.2, 0.25) is 0 Å². The zero-order valence-electron chi connectivity index (χ0n) is 10.9. The third-order valence-electron chi connectivity index (χ3n) is 3.04. The largest absolute Gasteiger partial charge is 0.309 e. The van der Waals surface area contributed by atoms with Crippen molar-refractivity contribution in [2.45, 2.75) is 37.2 Å². The van der Waals surface area contributed by atoms with Crippen molar-refractivity contribution in [3.8, 4) is 0 Å². The molecule has 20 heavy (non-hydrogen) atoms. The van der Waals surface area contributed by atoms with Gasteiger partial charge in [-0.1, -0.05) is 0 Å². The van der Waals surface area contributed by atoms with E-state index in [1.165, 1.54) is 35.5 Å². The molecule has 5 nitrogen and oxygen atoms in total. The van der Waals surface area contributed by atoms with Crippen LogP contribution < -0.4 is 10.0 Å². The molecule has 0 spiro atoms. The lowest BCUT2D eigenvalue weighted by Crippen LogP contribution is -2.19. The van der Waals surface area contributed by atoms with Gasteiger partial charge in [-0.05, 0) is 30.7 Å². The zero-order chi connectivity index (χ0) is 14.2. The molecule has 0 unspecified atom stereocenters. The molecule has 0 bridgehead atoms. The van der Waals surface area contributed by atoms with E-state index < -0.39 is 10.0 Å². The van der Waals surface area contributed by atoms with Crippen molar-refractivity contribution in [1.29, 1.82) is 0 Å². The lowest BCUT2D eigenvalue weighted by molar-refractivity contribution is 0.598. The van der Waals surface area contributed by atoms with Crippen molar-refractivity contribution < 1.29 is 8.42 Å². The lowest BCUT2D eigenvalue weighted by Gasteiger charge is -2.08. The molecule has 2 aromatic rings. The molecule has 0 saturated heterocycles. The van der Waals surface area contributed by atoms with Gasteiger partial charge < -0.3 is 5.32 Å². The molecule has 2 aromatic heterocycles. The minimum Gasteiger partial charge on any atom is -0.309 e. The number of aromatic nitrogens is 1. The van der Waals surface area contributed by atoms with Crippen LogP contribution in [0.1, 0.15) is 23.3 Å². The molecule has 108 valence electrons. The minimum atomic E-state index is -3.56. The molecule has 1 aliphatic carbocycles. The summed E-state index contributed by atoms with van der Waals surface area (Å²) in [6.07, 6.45) is 3.95. The van der Waals surface area contributed by atoms with Gasteiger partial charge in [0.2, 0.25) is 0 Å². The summed E-state index contributed by atoms with van der Waals surface area (Å²) in [7, 11) is -3.56. The Morgan fingerprint density at radius 2 is 2.20 bits per heavy atom. The van der Waals surface area contributed by atoms with Gasteiger partial charge in [-0.2, -0.15) is 0 Å². The molecule has 0 atom stereocenters. The van der Waals surface area contributed by atoms with Gasteiger partial charge in [0.05, 0.1) is 0 Å². The number of thiazole rings is 1. The average Bonchev–Trinajstić information content (AvgIpc) is 2.94. The summed E-state index contributed by atoms with van der Waals surface area (Å²) in [5.74, 6) is 0. The standard InChI is InChI=1S/C12H15N3O2S3/c1-8-7-19-10(6-14-9-2-3-9)11(8)20(16,17)15-12-13-4-5-18-12/h4-5,7,9,14H,2-3,6H2,1H3,(H,13,15). The summed E-state index contributed by atoms with van der Waals surface area (Å²) in [5.41, 5.74) is 0.784. The van der Waals surface area contributed by atoms with E-state index in [0.717, 1.165) is 10.4 Å². The molecule has 1 fully saturated rings.